The summed E-state index contributed by atoms with van der Waals surface area (Å²) in [4.78, 5) is 3.77. The zero-order valence-electron chi connectivity index (χ0n) is 10.9. The number of sulfonamides is 1. The Morgan fingerprint density at radius 3 is 2.33 bits per heavy atom. The summed E-state index contributed by atoms with van der Waals surface area (Å²) < 4.78 is 64.9. The molecule has 0 aliphatic heterocycles. The molecule has 1 fully saturated rings. The van der Waals surface area contributed by atoms with Gasteiger partial charge < -0.3 is 0 Å². The van der Waals surface area contributed by atoms with Gasteiger partial charge in [0.25, 0.3) is 0 Å². The number of hydrogen-bond acceptors (Lipinski definition) is 3. The third-order valence-electron chi connectivity index (χ3n) is 3.50. The first kappa shape index (κ1) is 16.7. The zero-order chi connectivity index (χ0) is 15.7. The number of nitrogens with zero attached hydrogens (tertiary/aromatic N) is 1. The van der Waals surface area contributed by atoms with Crippen LogP contribution in [0, 0.1) is 5.92 Å². The van der Waals surface area contributed by atoms with Crippen LogP contribution in [-0.4, -0.2) is 25.6 Å². The molecule has 118 valence electrons. The second-order valence-electron chi connectivity index (χ2n) is 5.05. The molecule has 1 heterocycles. The topological polar surface area (TPSA) is 59.1 Å². The third-order valence-corrected chi connectivity index (χ3v) is 5.42. The summed E-state index contributed by atoms with van der Waals surface area (Å²) in [6.45, 7) is 0. The van der Waals surface area contributed by atoms with Crippen molar-refractivity contribution in [3.63, 3.8) is 0 Å². The van der Waals surface area contributed by atoms with Gasteiger partial charge in [0, 0.05) is 22.9 Å². The van der Waals surface area contributed by atoms with Crippen molar-refractivity contribution in [2.24, 2.45) is 5.92 Å². The predicted molar refractivity (Wildman–Crippen MR) is 74.1 cm³/mol. The average Bonchev–Trinajstić information content (AvgIpc) is 2.38. The fourth-order valence-electron chi connectivity index (χ4n) is 2.37. The Hall–Kier alpha value is -0.670. The van der Waals surface area contributed by atoms with Crippen molar-refractivity contribution < 1.29 is 21.6 Å². The Morgan fingerprint density at radius 1 is 1.19 bits per heavy atom. The minimum absolute atomic E-state index is 0.00480. The van der Waals surface area contributed by atoms with E-state index in [9.17, 15) is 21.6 Å². The van der Waals surface area contributed by atoms with Crippen molar-refractivity contribution in [1.29, 1.82) is 0 Å². The standard InChI is InChI=1S/C12H14BrF3N2O2S/c13-9-5-11(7-17-6-9)21(19,20)18-10-3-1-8(2-4-10)12(14,15)16/h5-8,10,18H,1-4H2. The third kappa shape index (κ3) is 4.40. The Labute approximate surface area is 129 Å². The maximum absolute atomic E-state index is 12.6. The monoisotopic (exact) mass is 386 g/mol. The lowest BCUT2D eigenvalue weighted by molar-refractivity contribution is -0.182. The molecule has 4 nitrogen and oxygen atoms in total. The highest BCUT2D eigenvalue weighted by Crippen LogP contribution is 2.37. The maximum Gasteiger partial charge on any atom is 0.391 e. The summed E-state index contributed by atoms with van der Waals surface area (Å²) >= 11 is 3.13. The smallest absolute Gasteiger partial charge is 0.262 e. The largest absolute Gasteiger partial charge is 0.391 e. The molecular weight excluding hydrogens is 373 g/mol. The molecule has 0 saturated heterocycles. The van der Waals surface area contributed by atoms with Gasteiger partial charge in [0.2, 0.25) is 10.0 Å². The number of aromatic nitrogens is 1. The van der Waals surface area contributed by atoms with Crippen molar-refractivity contribution in [2.45, 2.75) is 42.8 Å². The summed E-state index contributed by atoms with van der Waals surface area (Å²) in [6, 6.07) is 0.934. The number of pyridine rings is 1. The second kappa shape index (κ2) is 6.21. The number of alkyl halides is 3. The van der Waals surface area contributed by atoms with Crippen molar-refractivity contribution >= 4 is 26.0 Å². The Bertz CT molecular complexity index is 599. The van der Waals surface area contributed by atoms with E-state index >= 15 is 0 Å². The highest BCUT2D eigenvalue weighted by molar-refractivity contribution is 9.10. The summed E-state index contributed by atoms with van der Waals surface area (Å²) in [7, 11) is -3.76. The summed E-state index contributed by atoms with van der Waals surface area (Å²) in [5.74, 6) is -1.33. The van der Waals surface area contributed by atoms with Gasteiger partial charge >= 0.3 is 6.18 Å². The van der Waals surface area contributed by atoms with Crippen LogP contribution in [0.4, 0.5) is 13.2 Å². The van der Waals surface area contributed by atoms with E-state index in [1.807, 2.05) is 0 Å². The number of hydrogen-bond donors (Lipinski definition) is 1. The van der Waals surface area contributed by atoms with Crippen molar-refractivity contribution in [2.75, 3.05) is 0 Å². The van der Waals surface area contributed by atoms with Crippen LogP contribution in [0.2, 0.25) is 0 Å². The fourth-order valence-corrected chi connectivity index (χ4v) is 4.17. The van der Waals surface area contributed by atoms with E-state index in [0.717, 1.165) is 0 Å². The number of rotatable bonds is 3. The molecule has 0 radical (unpaired) electrons. The van der Waals surface area contributed by atoms with E-state index in [1.54, 1.807) is 0 Å². The summed E-state index contributed by atoms with van der Waals surface area (Å²) in [5.41, 5.74) is 0. The van der Waals surface area contributed by atoms with Gasteiger partial charge in [-0.05, 0) is 47.7 Å². The molecule has 1 N–H and O–H groups in total. The van der Waals surface area contributed by atoms with E-state index in [0.29, 0.717) is 4.47 Å². The molecule has 2 rings (SSSR count). The van der Waals surface area contributed by atoms with Gasteiger partial charge in [-0.15, -0.1) is 0 Å². The molecule has 0 bridgehead atoms. The molecule has 0 spiro atoms. The first-order chi connectivity index (χ1) is 9.68. The fraction of sp³-hybridized carbons (Fsp3) is 0.583. The van der Waals surface area contributed by atoms with Gasteiger partial charge in [-0.3, -0.25) is 4.98 Å². The highest BCUT2D eigenvalue weighted by atomic mass is 79.9. The molecule has 1 aliphatic rings. The minimum Gasteiger partial charge on any atom is -0.262 e. The molecule has 1 aromatic heterocycles. The number of nitrogens with one attached hydrogen (secondary N) is 1. The van der Waals surface area contributed by atoms with Gasteiger partial charge in [-0.25, -0.2) is 13.1 Å². The highest BCUT2D eigenvalue weighted by Gasteiger charge is 2.41. The number of halogens is 4. The predicted octanol–water partition coefficient (Wildman–Crippen LogP) is 3.24. The van der Waals surface area contributed by atoms with Crippen LogP contribution < -0.4 is 4.72 Å². The van der Waals surface area contributed by atoms with E-state index in [1.165, 1.54) is 18.5 Å². The quantitative estimate of drug-likeness (QED) is 0.867. The minimum atomic E-state index is -4.20. The van der Waals surface area contributed by atoms with Crippen molar-refractivity contribution in [3.05, 3.63) is 22.9 Å². The molecule has 0 amide bonds. The van der Waals surface area contributed by atoms with E-state index < -0.39 is 28.2 Å². The van der Waals surface area contributed by atoms with Gasteiger partial charge in [0.15, 0.2) is 0 Å². The zero-order valence-corrected chi connectivity index (χ0v) is 13.3. The molecule has 1 aliphatic carbocycles. The summed E-state index contributed by atoms with van der Waals surface area (Å²) in [5, 5.41) is 0. The Balaban J connectivity index is 2.00. The molecule has 9 heteroatoms. The summed E-state index contributed by atoms with van der Waals surface area (Å²) in [6.07, 6.45) is -1.27. The lowest BCUT2D eigenvalue weighted by Crippen LogP contribution is -2.40. The first-order valence-corrected chi connectivity index (χ1v) is 8.66. The van der Waals surface area contributed by atoms with Gasteiger partial charge in [-0.2, -0.15) is 13.2 Å². The van der Waals surface area contributed by atoms with E-state index in [2.05, 4.69) is 25.6 Å². The maximum atomic E-state index is 12.6. The van der Waals surface area contributed by atoms with Gasteiger partial charge in [0.05, 0.1) is 5.92 Å². The molecule has 0 atom stereocenters. The van der Waals surface area contributed by atoms with Crippen LogP contribution in [0.15, 0.2) is 27.8 Å². The van der Waals surface area contributed by atoms with E-state index in [4.69, 9.17) is 0 Å². The average molecular weight is 387 g/mol. The normalized spacial score (nSPS) is 24.0. The molecular formula is C12H14BrF3N2O2S. The SMILES string of the molecule is O=S(=O)(NC1CCC(C(F)(F)F)CC1)c1cncc(Br)c1. The van der Waals surface area contributed by atoms with E-state index in [-0.39, 0.29) is 30.6 Å². The lowest BCUT2D eigenvalue weighted by Gasteiger charge is -2.30. The molecule has 1 saturated carbocycles. The van der Waals surface area contributed by atoms with Crippen LogP contribution in [-0.2, 0) is 10.0 Å². The molecule has 21 heavy (non-hydrogen) atoms. The van der Waals surface area contributed by atoms with Gasteiger partial charge in [0.1, 0.15) is 4.90 Å². The van der Waals surface area contributed by atoms with Crippen LogP contribution >= 0.6 is 15.9 Å². The molecule has 0 aromatic carbocycles. The van der Waals surface area contributed by atoms with Crippen LogP contribution in [0.1, 0.15) is 25.7 Å². The van der Waals surface area contributed by atoms with Crippen molar-refractivity contribution in [1.82, 2.24) is 9.71 Å². The van der Waals surface area contributed by atoms with Crippen LogP contribution in [0.3, 0.4) is 0 Å². The van der Waals surface area contributed by atoms with Gasteiger partial charge in [-0.1, -0.05) is 0 Å². The van der Waals surface area contributed by atoms with Crippen LogP contribution in [0.5, 0.6) is 0 Å². The van der Waals surface area contributed by atoms with Crippen molar-refractivity contribution in [3.8, 4) is 0 Å². The first-order valence-electron chi connectivity index (χ1n) is 6.38. The van der Waals surface area contributed by atoms with Crippen LogP contribution in [0.25, 0.3) is 0 Å². The second-order valence-corrected chi connectivity index (χ2v) is 7.68. The Morgan fingerprint density at radius 2 is 1.81 bits per heavy atom. The molecule has 0 unspecified atom stereocenters. The Kier molecular flexibility index (Phi) is 4.94. The lowest BCUT2D eigenvalue weighted by atomic mass is 9.86. The molecule has 1 aromatic rings.